The van der Waals surface area contributed by atoms with Crippen LogP contribution in [0.15, 0.2) is 0 Å². The second-order valence-electron chi connectivity index (χ2n) is 10.7. The van der Waals surface area contributed by atoms with Crippen molar-refractivity contribution in [2.24, 2.45) is 5.41 Å². The van der Waals surface area contributed by atoms with Gasteiger partial charge in [-0.15, -0.1) is 0 Å². The number of quaternary nitrogens is 1. The van der Waals surface area contributed by atoms with Gasteiger partial charge in [-0.3, -0.25) is 4.55 Å². The quantitative estimate of drug-likeness (QED) is 0.183. The number of likely N-dealkylation sites (N-methyl/N-ethyl adjacent to an activating group) is 1. The molecular weight excluding hydrogens is 416 g/mol. The van der Waals surface area contributed by atoms with Gasteiger partial charge >= 0.3 is 0 Å². The molecule has 0 fully saturated rings. The summed E-state index contributed by atoms with van der Waals surface area (Å²) in [5.41, 5.74) is -2.16. The van der Waals surface area contributed by atoms with Crippen molar-refractivity contribution < 1.29 is 27.4 Å². The summed E-state index contributed by atoms with van der Waals surface area (Å²) in [6, 6.07) is -0.973. The Hall–Kier alpha value is -0.700. The predicted octanol–water partition coefficient (Wildman–Crippen LogP) is 2.99. The van der Waals surface area contributed by atoms with Crippen molar-refractivity contribution in [1.82, 2.24) is 5.32 Å². The summed E-state index contributed by atoms with van der Waals surface area (Å²) >= 11 is 0. The zero-order valence-corrected chi connectivity index (χ0v) is 21.8. The maximum atomic E-state index is 12.0. The maximum Gasteiger partial charge on any atom is 0.266 e. The van der Waals surface area contributed by atoms with Crippen molar-refractivity contribution in [2.45, 2.75) is 103 Å². The highest BCUT2D eigenvalue weighted by Crippen LogP contribution is 2.39. The third-order valence-corrected chi connectivity index (χ3v) is 7.56. The number of carboxylic acid groups (broad SMARTS) is 1. The molecule has 0 aliphatic carbocycles. The first kappa shape index (κ1) is 30.3. The van der Waals surface area contributed by atoms with Crippen LogP contribution in [0.25, 0.3) is 0 Å². The van der Waals surface area contributed by atoms with E-state index >= 15 is 0 Å². The largest absolute Gasteiger partial charge is 0.544 e. The van der Waals surface area contributed by atoms with Crippen LogP contribution in [0, 0.1) is 5.41 Å². The number of unbranched alkanes of at least 4 members (excludes halogenated alkanes) is 9. The van der Waals surface area contributed by atoms with Crippen molar-refractivity contribution >= 4 is 16.1 Å². The van der Waals surface area contributed by atoms with Crippen molar-refractivity contribution in [3.8, 4) is 0 Å². The average molecular weight is 465 g/mol. The highest BCUT2D eigenvalue weighted by atomic mass is 32.2. The fraction of sp³-hybridized carbons (Fsp3) is 0.957. The van der Waals surface area contributed by atoms with E-state index in [1.807, 2.05) is 0 Å². The number of rotatable bonds is 18. The lowest BCUT2D eigenvalue weighted by Gasteiger charge is -2.52. The van der Waals surface area contributed by atoms with Gasteiger partial charge in [-0.1, -0.05) is 78.6 Å². The van der Waals surface area contributed by atoms with Crippen LogP contribution in [0.1, 0.15) is 91.9 Å². The van der Waals surface area contributed by atoms with E-state index < -0.39 is 38.8 Å². The number of hydrogen-bond acceptors (Lipinski definition) is 5. The monoisotopic (exact) mass is 464 g/mol. The zero-order valence-electron chi connectivity index (χ0n) is 21.0. The molecule has 2 unspecified atom stereocenters. The van der Waals surface area contributed by atoms with Gasteiger partial charge in [0.15, 0.2) is 0 Å². The third-order valence-electron chi connectivity index (χ3n) is 6.62. The van der Waals surface area contributed by atoms with E-state index in [0.29, 0.717) is 6.54 Å². The highest BCUT2D eigenvalue weighted by Gasteiger charge is 2.53. The lowest BCUT2D eigenvalue weighted by Crippen LogP contribution is -2.71. The van der Waals surface area contributed by atoms with Crippen molar-refractivity contribution in [3.63, 3.8) is 0 Å². The predicted molar refractivity (Wildman–Crippen MR) is 125 cm³/mol. The van der Waals surface area contributed by atoms with Crippen molar-refractivity contribution in [2.75, 3.05) is 33.4 Å². The molecule has 31 heavy (non-hydrogen) atoms. The average Bonchev–Trinajstić information content (AvgIpc) is 2.56. The van der Waals surface area contributed by atoms with Crippen LogP contribution in [0.2, 0.25) is 0 Å². The third kappa shape index (κ3) is 11.1. The molecule has 0 aromatic heterocycles. The van der Waals surface area contributed by atoms with E-state index in [0.717, 1.165) is 19.3 Å². The van der Waals surface area contributed by atoms with E-state index in [-0.39, 0.29) is 4.48 Å². The minimum Gasteiger partial charge on any atom is -0.544 e. The molecule has 2 N–H and O–H groups in total. The van der Waals surface area contributed by atoms with Gasteiger partial charge in [0.05, 0.1) is 32.9 Å². The van der Waals surface area contributed by atoms with E-state index in [1.54, 1.807) is 41.9 Å². The Bertz CT molecular complexity index is 628. The summed E-state index contributed by atoms with van der Waals surface area (Å²) in [5, 5.41) is 15.3. The Morgan fingerprint density at radius 3 is 1.71 bits per heavy atom. The van der Waals surface area contributed by atoms with Crippen LogP contribution in [-0.2, 0) is 14.9 Å². The Kier molecular flexibility index (Phi) is 12.8. The van der Waals surface area contributed by atoms with Crippen molar-refractivity contribution in [1.29, 1.82) is 0 Å². The molecule has 0 rings (SSSR count). The van der Waals surface area contributed by atoms with Crippen LogP contribution in [0.5, 0.6) is 0 Å². The molecule has 0 saturated heterocycles. The molecular formula is C23H48N2O5S. The molecule has 0 heterocycles. The summed E-state index contributed by atoms with van der Waals surface area (Å²) in [6.07, 6.45) is 12.0. The van der Waals surface area contributed by atoms with Crippen LogP contribution in [0.3, 0.4) is 0 Å². The maximum absolute atomic E-state index is 12.0. The molecule has 0 spiro atoms. The van der Waals surface area contributed by atoms with Crippen LogP contribution in [-0.4, -0.2) is 68.4 Å². The Morgan fingerprint density at radius 1 is 0.935 bits per heavy atom. The lowest BCUT2D eigenvalue weighted by molar-refractivity contribution is -0.897. The first-order chi connectivity index (χ1) is 14.1. The Labute approximate surface area is 191 Å². The fourth-order valence-electron chi connectivity index (χ4n) is 4.69. The van der Waals surface area contributed by atoms with Crippen LogP contribution >= 0.6 is 0 Å². The number of carbonyl (C=O) groups excluding carboxylic acids is 1. The molecule has 2 atom stereocenters. The van der Waals surface area contributed by atoms with Gasteiger partial charge in [-0.2, -0.15) is 8.42 Å². The van der Waals surface area contributed by atoms with E-state index in [1.165, 1.54) is 44.9 Å². The summed E-state index contributed by atoms with van der Waals surface area (Å²) < 4.78 is 33.2. The number of hydrogen-bond donors (Lipinski definition) is 2. The first-order valence-electron chi connectivity index (χ1n) is 11.8. The molecule has 0 radical (unpaired) electrons. The van der Waals surface area contributed by atoms with E-state index in [9.17, 15) is 22.9 Å². The fourth-order valence-corrected chi connectivity index (χ4v) is 5.89. The zero-order chi connectivity index (χ0) is 24.3. The molecule has 0 aromatic carbocycles. The van der Waals surface area contributed by atoms with E-state index in [2.05, 4.69) is 12.2 Å². The molecule has 0 amide bonds. The SMILES string of the molecule is CCCCCCCCCCCCNC(C)(CS(=O)(=O)O)C(C)(C)C(C(=O)[O-])[N+](C)(C)C. The normalized spacial score (nSPS) is 16.1. The minimum absolute atomic E-state index is 0.0797. The molecule has 0 saturated carbocycles. The molecule has 0 aliphatic rings. The summed E-state index contributed by atoms with van der Waals surface area (Å²) in [4.78, 5) is 12.0. The first-order valence-corrected chi connectivity index (χ1v) is 13.4. The molecule has 0 bridgehead atoms. The van der Waals surface area contributed by atoms with Gasteiger partial charge < -0.3 is 19.7 Å². The number of carbonyl (C=O) groups is 1. The van der Waals surface area contributed by atoms with Gasteiger partial charge in [-0.05, 0) is 19.9 Å². The smallest absolute Gasteiger partial charge is 0.266 e. The van der Waals surface area contributed by atoms with Gasteiger partial charge in [0.2, 0.25) is 0 Å². The highest BCUT2D eigenvalue weighted by molar-refractivity contribution is 7.85. The Balaban J connectivity index is 4.92. The second-order valence-corrected chi connectivity index (χ2v) is 12.2. The number of carboxylic acids is 1. The van der Waals surface area contributed by atoms with Crippen LogP contribution < -0.4 is 10.4 Å². The minimum atomic E-state index is -4.32. The summed E-state index contributed by atoms with van der Waals surface area (Å²) in [7, 11) is 0.928. The molecule has 186 valence electrons. The van der Waals surface area contributed by atoms with Crippen molar-refractivity contribution in [3.05, 3.63) is 0 Å². The van der Waals surface area contributed by atoms with Gasteiger partial charge in [0.1, 0.15) is 6.04 Å². The van der Waals surface area contributed by atoms with Gasteiger partial charge in [-0.25, -0.2) is 0 Å². The number of aliphatic carboxylic acids is 1. The second kappa shape index (κ2) is 13.1. The molecule has 0 aliphatic heterocycles. The summed E-state index contributed by atoms with van der Waals surface area (Å²) in [6.45, 7) is 7.92. The lowest BCUT2D eigenvalue weighted by atomic mass is 9.68. The number of nitrogens with zero attached hydrogens (tertiary/aromatic N) is 1. The standard InChI is InChI=1S/C23H48N2O5S/c1-8-9-10-11-12-13-14-15-16-17-18-24-23(4,19-31(28,29)30)22(2,3)20(21(26)27)25(5,6)7/h20,24H,8-19H2,1-7H3,(H-,26,27,28,29,30). The summed E-state index contributed by atoms with van der Waals surface area (Å²) in [5.74, 6) is -1.80. The van der Waals surface area contributed by atoms with Crippen LogP contribution in [0.4, 0.5) is 0 Å². The molecule has 8 heteroatoms. The topological polar surface area (TPSA) is 107 Å². The Morgan fingerprint density at radius 2 is 1.35 bits per heavy atom. The van der Waals surface area contributed by atoms with E-state index in [4.69, 9.17) is 0 Å². The number of nitrogens with one attached hydrogen (secondary N) is 1. The van der Waals surface area contributed by atoms with Gasteiger partial charge in [0.25, 0.3) is 10.1 Å². The molecule has 7 nitrogen and oxygen atoms in total. The van der Waals surface area contributed by atoms with Gasteiger partial charge in [0, 0.05) is 11.0 Å². The molecule has 0 aromatic rings.